The normalized spacial score (nSPS) is 13.9. The van der Waals surface area contributed by atoms with Crippen LogP contribution in [0.15, 0.2) is 42.6 Å². The summed E-state index contributed by atoms with van der Waals surface area (Å²) in [5.74, 6) is 0.643. The third-order valence-electron chi connectivity index (χ3n) is 5.68. The van der Waals surface area contributed by atoms with Crippen molar-refractivity contribution in [2.45, 2.75) is 39.7 Å². The highest BCUT2D eigenvalue weighted by molar-refractivity contribution is 5.96. The quantitative estimate of drug-likeness (QED) is 0.513. The maximum absolute atomic E-state index is 12.5. The van der Waals surface area contributed by atoms with Gasteiger partial charge in [0.1, 0.15) is 0 Å². The number of aromatic nitrogens is 2. The zero-order chi connectivity index (χ0) is 22.0. The summed E-state index contributed by atoms with van der Waals surface area (Å²) in [5, 5.41) is 10.6. The van der Waals surface area contributed by atoms with E-state index in [2.05, 4.69) is 58.8 Å². The minimum Gasteiger partial charge on any atom is -0.354 e. The van der Waals surface area contributed by atoms with Gasteiger partial charge in [-0.15, -0.1) is 0 Å². The van der Waals surface area contributed by atoms with E-state index >= 15 is 0 Å². The van der Waals surface area contributed by atoms with E-state index in [1.165, 1.54) is 0 Å². The van der Waals surface area contributed by atoms with Crippen molar-refractivity contribution < 1.29 is 4.79 Å². The van der Waals surface area contributed by atoms with E-state index in [9.17, 15) is 4.79 Å². The Kier molecular flexibility index (Phi) is 5.92. The molecule has 6 heteroatoms. The van der Waals surface area contributed by atoms with Crippen LogP contribution in [0, 0.1) is 12.3 Å². The monoisotopic (exact) mass is 417 g/mol. The summed E-state index contributed by atoms with van der Waals surface area (Å²) in [4.78, 5) is 21.7. The number of amides is 1. The van der Waals surface area contributed by atoms with Gasteiger partial charge in [0.05, 0.1) is 5.52 Å². The predicted molar refractivity (Wildman–Crippen MR) is 126 cm³/mol. The van der Waals surface area contributed by atoms with Gasteiger partial charge in [0, 0.05) is 36.3 Å². The number of nitrogens with one attached hydrogen (secondary N) is 3. The lowest BCUT2D eigenvalue weighted by molar-refractivity contribution is 0.0951. The van der Waals surface area contributed by atoms with Crippen LogP contribution < -0.4 is 16.0 Å². The van der Waals surface area contributed by atoms with Gasteiger partial charge in [-0.2, -0.15) is 0 Å². The van der Waals surface area contributed by atoms with Gasteiger partial charge in [0.2, 0.25) is 5.95 Å². The Morgan fingerprint density at radius 1 is 1.13 bits per heavy atom. The molecule has 0 spiro atoms. The lowest BCUT2D eigenvalue weighted by atomic mass is 9.94. The molecule has 1 fully saturated rings. The van der Waals surface area contributed by atoms with Crippen LogP contribution in [0.3, 0.4) is 0 Å². The van der Waals surface area contributed by atoms with Crippen molar-refractivity contribution in [2.24, 2.45) is 5.41 Å². The van der Waals surface area contributed by atoms with Gasteiger partial charge < -0.3 is 16.0 Å². The SMILES string of the molecule is CNCC(C)(C)CNc1ncc2cc(-c3cc(C(=O)NC4CC4)ccc3C)ccc2n1. The molecule has 0 unspecified atom stereocenters. The third kappa shape index (κ3) is 5.20. The Bertz CT molecular complexity index is 1100. The number of carbonyl (C=O) groups excluding carboxylic acids is 1. The summed E-state index contributed by atoms with van der Waals surface area (Å²) in [6.07, 6.45) is 4.02. The number of aryl methyl sites for hydroxylation is 1. The van der Waals surface area contributed by atoms with Crippen LogP contribution in [-0.4, -0.2) is 42.1 Å². The number of rotatable bonds is 8. The van der Waals surface area contributed by atoms with Crippen molar-refractivity contribution in [3.63, 3.8) is 0 Å². The molecule has 1 aliphatic carbocycles. The molecule has 3 N–H and O–H groups in total. The predicted octanol–water partition coefficient (Wildman–Crippen LogP) is 4.15. The van der Waals surface area contributed by atoms with Crippen molar-refractivity contribution in [1.29, 1.82) is 0 Å². The largest absolute Gasteiger partial charge is 0.354 e. The Morgan fingerprint density at radius 2 is 1.94 bits per heavy atom. The number of anilines is 1. The molecule has 0 saturated heterocycles. The van der Waals surface area contributed by atoms with E-state index in [1.54, 1.807) is 0 Å². The molecule has 0 atom stereocenters. The van der Waals surface area contributed by atoms with Crippen LogP contribution in [0.5, 0.6) is 0 Å². The topological polar surface area (TPSA) is 78.9 Å². The zero-order valence-corrected chi connectivity index (χ0v) is 18.7. The summed E-state index contributed by atoms with van der Waals surface area (Å²) in [6.45, 7) is 8.16. The highest BCUT2D eigenvalue weighted by Crippen LogP contribution is 2.28. The lowest BCUT2D eigenvalue weighted by Gasteiger charge is -2.24. The van der Waals surface area contributed by atoms with Gasteiger partial charge in [-0.25, -0.2) is 9.97 Å². The van der Waals surface area contributed by atoms with Crippen LogP contribution in [0.25, 0.3) is 22.0 Å². The highest BCUT2D eigenvalue weighted by Gasteiger charge is 2.24. The summed E-state index contributed by atoms with van der Waals surface area (Å²) in [5.41, 5.74) is 4.95. The third-order valence-corrected chi connectivity index (χ3v) is 5.68. The van der Waals surface area contributed by atoms with E-state index in [0.717, 1.165) is 53.5 Å². The average molecular weight is 418 g/mol. The number of benzene rings is 2. The first kappa shape index (κ1) is 21.2. The number of fused-ring (bicyclic) bond motifs is 1. The van der Waals surface area contributed by atoms with Gasteiger partial charge in [0.15, 0.2) is 0 Å². The maximum Gasteiger partial charge on any atom is 0.251 e. The molecule has 162 valence electrons. The van der Waals surface area contributed by atoms with E-state index in [4.69, 9.17) is 0 Å². The van der Waals surface area contributed by atoms with E-state index in [0.29, 0.717) is 17.6 Å². The molecular weight excluding hydrogens is 386 g/mol. The van der Waals surface area contributed by atoms with Crippen LogP contribution in [-0.2, 0) is 0 Å². The van der Waals surface area contributed by atoms with E-state index in [1.807, 2.05) is 37.5 Å². The van der Waals surface area contributed by atoms with E-state index in [-0.39, 0.29) is 11.3 Å². The number of carbonyl (C=O) groups is 1. The molecule has 1 saturated carbocycles. The molecule has 0 aliphatic heterocycles. The van der Waals surface area contributed by atoms with Gasteiger partial charge in [-0.3, -0.25) is 4.79 Å². The minimum atomic E-state index is 0.00443. The number of hydrogen-bond acceptors (Lipinski definition) is 5. The van der Waals surface area contributed by atoms with Gasteiger partial charge in [0.25, 0.3) is 5.91 Å². The molecule has 31 heavy (non-hydrogen) atoms. The molecule has 1 heterocycles. The first-order valence-corrected chi connectivity index (χ1v) is 10.9. The lowest BCUT2D eigenvalue weighted by Crippen LogP contribution is -2.33. The molecule has 4 rings (SSSR count). The van der Waals surface area contributed by atoms with Crippen LogP contribution >= 0.6 is 0 Å². The Hall–Kier alpha value is -2.99. The first-order chi connectivity index (χ1) is 14.8. The standard InChI is InChI=1S/C25H31N5O/c1-16-5-6-18(23(31)29-20-8-9-20)12-21(16)17-7-10-22-19(11-17)13-27-24(30-22)28-15-25(2,3)14-26-4/h5-7,10-13,20,26H,8-9,14-15H2,1-4H3,(H,29,31)(H,27,28,30). The molecule has 6 nitrogen and oxygen atoms in total. The second-order valence-corrected chi connectivity index (χ2v) is 9.29. The molecule has 2 aromatic carbocycles. The van der Waals surface area contributed by atoms with Crippen molar-refractivity contribution >= 4 is 22.8 Å². The summed E-state index contributed by atoms with van der Waals surface area (Å²) < 4.78 is 0. The van der Waals surface area contributed by atoms with Gasteiger partial charge in [-0.1, -0.05) is 26.0 Å². The molecule has 1 aliphatic rings. The van der Waals surface area contributed by atoms with Crippen molar-refractivity contribution in [3.05, 3.63) is 53.7 Å². The Morgan fingerprint density at radius 3 is 2.68 bits per heavy atom. The molecule has 1 amide bonds. The maximum atomic E-state index is 12.5. The Labute approximate surface area is 183 Å². The van der Waals surface area contributed by atoms with Gasteiger partial charge in [-0.05, 0) is 73.2 Å². The molecule has 1 aromatic heterocycles. The fraction of sp³-hybridized carbons (Fsp3) is 0.400. The van der Waals surface area contributed by atoms with Crippen molar-refractivity contribution in [1.82, 2.24) is 20.6 Å². The zero-order valence-electron chi connectivity index (χ0n) is 18.7. The molecule has 0 radical (unpaired) electrons. The molecular formula is C25H31N5O. The summed E-state index contributed by atoms with van der Waals surface area (Å²) in [7, 11) is 1.96. The second-order valence-electron chi connectivity index (χ2n) is 9.29. The number of hydrogen-bond donors (Lipinski definition) is 3. The minimum absolute atomic E-state index is 0.00443. The Balaban J connectivity index is 1.56. The smallest absolute Gasteiger partial charge is 0.251 e. The number of nitrogens with zero attached hydrogens (tertiary/aromatic N) is 2. The fourth-order valence-corrected chi connectivity index (χ4v) is 3.72. The van der Waals surface area contributed by atoms with E-state index < -0.39 is 0 Å². The average Bonchev–Trinajstić information content (AvgIpc) is 3.56. The highest BCUT2D eigenvalue weighted by atomic mass is 16.1. The first-order valence-electron chi connectivity index (χ1n) is 10.9. The van der Waals surface area contributed by atoms with Gasteiger partial charge >= 0.3 is 0 Å². The van der Waals surface area contributed by atoms with Crippen LogP contribution in [0.2, 0.25) is 0 Å². The molecule has 0 bridgehead atoms. The van der Waals surface area contributed by atoms with Crippen LogP contribution in [0.1, 0.15) is 42.6 Å². The summed E-state index contributed by atoms with van der Waals surface area (Å²) in [6, 6.07) is 12.4. The van der Waals surface area contributed by atoms with Crippen molar-refractivity contribution in [2.75, 3.05) is 25.5 Å². The molecule has 3 aromatic rings. The second kappa shape index (κ2) is 8.63. The summed E-state index contributed by atoms with van der Waals surface area (Å²) >= 11 is 0. The van der Waals surface area contributed by atoms with Crippen molar-refractivity contribution in [3.8, 4) is 11.1 Å². The van der Waals surface area contributed by atoms with Crippen LogP contribution in [0.4, 0.5) is 5.95 Å². The fourth-order valence-electron chi connectivity index (χ4n) is 3.72.